The van der Waals surface area contributed by atoms with Gasteiger partial charge in [-0.05, 0) is 18.8 Å². The van der Waals surface area contributed by atoms with Gasteiger partial charge in [0.1, 0.15) is 0 Å². The molecule has 2 aliphatic heterocycles. The highest BCUT2D eigenvalue weighted by atomic mass is 32.2. The molecular weight excluding hydrogens is 264 g/mol. The molecule has 0 saturated carbocycles. The first-order chi connectivity index (χ1) is 8.85. The number of rotatable bonds is 4. The van der Waals surface area contributed by atoms with Crippen LogP contribution in [-0.4, -0.2) is 49.0 Å². The Morgan fingerprint density at radius 2 is 2.11 bits per heavy atom. The average Bonchev–Trinajstić information content (AvgIpc) is 2.81. The van der Waals surface area contributed by atoms with Crippen molar-refractivity contribution >= 4 is 15.7 Å². The number of nitrogens with one attached hydrogen (secondary N) is 1. The molecule has 3 atom stereocenters. The third kappa shape index (κ3) is 2.94. The third-order valence-electron chi connectivity index (χ3n) is 4.03. The van der Waals surface area contributed by atoms with Crippen molar-refractivity contribution < 1.29 is 13.2 Å². The van der Waals surface area contributed by atoms with Gasteiger partial charge in [-0.3, -0.25) is 10.1 Å². The minimum absolute atomic E-state index is 0.0256. The van der Waals surface area contributed by atoms with Crippen LogP contribution >= 0.6 is 0 Å². The smallest absolute Gasteiger partial charge is 0.241 e. The normalized spacial score (nSPS) is 34.4. The Kier molecular flexibility index (Phi) is 4.20. The molecule has 2 saturated heterocycles. The number of amides is 1. The SMILES string of the molecule is CCCC1NC(C(C)C)N(C2CCS(=O)(=O)C2)C1=O. The standard InChI is InChI=1S/C13H24N2O3S/c1-4-5-11-13(16)15(12(14-11)9(2)3)10-6-7-19(17,18)8-10/h9-12,14H,4-8H2,1-3H3. The molecule has 2 heterocycles. The van der Waals surface area contributed by atoms with Gasteiger partial charge in [-0.25, -0.2) is 8.42 Å². The van der Waals surface area contributed by atoms with Crippen LogP contribution in [0.15, 0.2) is 0 Å². The molecule has 0 aromatic heterocycles. The monoisotopic (exact) mass is 288 g/mol. The van der Waals surface area contributed by atoms with E-state index in [1.807, 2.05) is 4.90 Å². The molecule has 0 aromatic rings. The highest BCUT2D eigenvalue weighted by Crippen LogP contribution is 2.27. The lowest BCUT2D eigenvalue weighted by Gasteiger charge is -2.31. The topological polar surface area (TPSA) is 66.5 Å². The minimum Gasteiger partial charge on any atom is -0.321 e. The largest absolute Gasteiger partial charge is 0.321 e. The number of hydrogen-bond donors (Lipinski definition) is 1. The molecule has 3 unspecified atom stereocenters. The number of hydrogen-bond acceptors (Lipinski definition) is 4. The molecule has 2 rings (SSSR count). The molecule has 0 bridgehead atoms. The van der Waals surface area contributed by atoms with Gasteiger partial charge in [0.2, 0.25) is 5.91 Å². The summed E-state index contributed by atoms with van der Waals surface area (Å²) >= 11 is 0. The molecular formula is C13H24N2O3S. The maximum atomic E-state index is 12.5. The summed E-state index contributed by atoms with van der Waals surface area (Å²) in [5.41, 5.74) is 0. The van der Waals surface area contributed by atoms with Crippen LogP contribution in [0, 0.1) is 5.92 Å². The molecule has 2 aliphatic rings. The van der Waals surface area contributed by atoms with E-state index in [-0.39, 0.29) is 41.6 Å². The van der Waals surface area contributed by atoms with E-state index in [1.165, 1.54) is 0 Å². The fourth-order valence-electron chi connectivity index (χ4n) is 3.09. The number of carbonyl (C=O) groups excluding carboxylic acids is 1. The summed E-state index contributed by atoms with van der Waals surface area (Å²) in [6, 6.07) is -0.278. The van der Waals surface area contributed by atoms with Gasteiger partial charge >= 0.3 is 0 Å². The highest BCUT2D eigenvalue weighted by Gasteiger charge is 2.46. The van der Waals surface area contributed by atoms with Crippen LogP contribution < -0.4 is 5.32 Å². The van der Waals surface area contributed by atoms with Gasteiger partial charge in [-0.15, -0.1) is 0 Å². The molecule has 6 heteroatoms. The zero-order chi connectivity index (χ0) is 14.2. The predicted molar refractivity (Wildman–Crippen MR) is 74.4 cm³/mol. The summed E-state index contributed by atoms with van der Waals surface area (Å²) in [7, 11) is -2.96. The lowest BCUT2D eigenvalue weighted by Crippen LogP contribution is -2.47. The van der Waals surface area contributed by atoms with E-state index in [9.17, 15) is 13.2 Å². The summed E-state index contributed by atoms with van der Waals surface area (Å²) in [6.45, 7) is 6.19. The van der Waals surface area contributed by atoms with Crippen molar-refractivity contribution in [3.8, 4) is 0 Å². The molecule has 0 spiro atoms. The van der Waals surface area contributed by atoms with Gasteiger partial charge in [0.05, 0.1) is 23.7 Å². The number of nitrogens with zero attached hydrogens (tertiary/aromatic N) is 1. The van der Waals surface area contributed by atoms with Crippen molar-refractivity contribution in [3.63, 3.8) is 0 Å². The summed E-state index contributed by atoms with van der Waals surface area (Å²) in [5.74, 6) is 0.712. The van der Waals surface area contributed by atoms with Crippen molar-refractivity contribution in [2.75, 3.05) is 11.5 Å². The van der Waals surface area contributed by atoms with E-state index in [0.29, 0.717) is 6.42 Å². The van der Waals surface area contributed by atoms with Crippen LogP contribution in [-0.2, 0) is 14.6 Å². The van der Waals surface area contributed by atoms with Crippen molar-refractivity contribution in [2.24, 2.45) is 5.92 Å². The molecule has 5 nitrogen and oxygen atoms in total. The van der Waals surface area contributed by atoms with Crippen LogP contribution in [0.25, 0.3) is 0 Å². The Morgan fingerprint density at radius 3 is 2.58 bits per heavy atom. The molecule has 1 N–H and O–H groups in total. The number of sulfone groups is 1. The molecule has 1 amide bonds. The van der Waals surface area contributed by atoms with E-state index in [0.717, 1.165) is 12.8 Å². The summed E-state index contributed by atoms with van der Waals surface area (Å²) in [5, 5.41) is 3.38. The van der Waals surface area contributed by atoms with E-state index in [4.69, 9.17) is 0 Å². The van der Waals surface area contributed by atoms with E-state index in [1.54, 1.807) is 0 Å². The van der Waals surface area contributed by atoms with Gasteiger partial charge in [0.25, 0.3) is 0 Å². The van der Waals surface area contributed by atoms with Crippen LogP contribution in [0.5, 0.6) is 0 Å². The Morgan fingerprint density at radius 1 is 1.42 bits per heavy atom. The molecule has 0 aliphatic carbocycles. The molecule has 2 fully saturated rings. The first-order valence-electron chi connectivity index (χ1n) is 7.14. The Labute approximate surface area is 115 Å². The van der Waals surface area contributed by atoms with Gasteiger partial charge in [0, 0.05) is 6.04 Å². The molecule has 0 aromatic carbocycles. The van der Waals surface area contributed by atoms with Gasteiger partial charge in [0.15, 0.2) is 9.84 Å². The van der Waals surface area contributed by atoms with E-state index < -0.39 is 9.84 Å². The van der Waals surface area contributed by atoms with Gasteiger partial charge < -0.3 is 4.90 Å². The fourth-order valence-corrected chi connectivity index (χ4v) is 4.80. The van der Waals surface area contributed by atoms with Crippen molar-refractivity contribution in [2.45, 2.75) is 58.3 Å². The zero-order valence-corrected chi connectivity index (χ0v) is 12.7. The zero-order valence-electron chi connectivity index (χ0n) is 11.9. The second-order valence-electron chi connectivity index (χ2n) is 6.00. The van der Waals surface area contributed by atoms with Crippen LogP contribution in [0.4, 0.5) is 0 Å². The van der Waals surface area contributed by atoms with E-state index >= 15 is 0 Å². The average molecular weight is 288 g/mol. The number of carbonyl (C=O) groups is 1. The maximum absolute atomic E-state index is 12.5. The lowest BCUT2D eigenvalue weighted by molar-refractivity contribution is -0.132. The van der Waals surface area contributed by atoms with Crippen molar-refractivity contribution in [1.82, 2.24) is 10.2 Å². The molecule has 19 heavy (non-hydrogen) atoms. The third-order valence-corrected chi connectivity index (χ3v) is 5.79. The predicted octanol–water partition coefficient (Wildman–Crippen LogP) is 0.756. The lowest BCUT2D eigenvalue weighted by atomic mass is 10.1. The first-order valence-corrected chi connectivity index (χ1v) is 8.96. The Bertz CT molecular complexity index is 447. The quantitative estimate of drug-likeness (QED) is 0.829. The summed E-state index contributed by atoms with van der Waals surface area (Å²) in [6.07, 6.45) is 2.32. The van der Waals surface area contributed by atoms with Crippen LogP contribution in [0.3, 0.4) is 0 Å². The molecule has 110 valence electrons. The first kappa shape index (κ1) is 14.8. The van der Waals surface area contributed by atoms with Gasteiger partial charge in [-0.1, -0.05) is 27.2 Å². The summed E-state index contributed by atoms with van der Waals surface area (Å²) < 4.78 is 23.3. The minimum atomic E-state index is -2.96. The van der Waals surface area contributed by atoms with E-state index in [2.05, 4.69) is 26.1 Å². The van der Waals surface area contributed by atoms with Crippen LogP contribution in [0.1, 0.15) is 40.0 Å². The second kappa shape index (κ2) is 5.40. The Balaban J connectivity index is 2.18. The van der Waals surface area contributed by atoms with Crippen molar-refractivity contribution in [3.05, 3.63) is 0 Å². The maximum Gasteiger partial charge on any atom is 0.241 e. The highest BCUT2D eigenvalue weighted by molar-refractivity contribution is 7.91. The molecule has 0 radical (unpaired) electrons. The second-order valence-corrected chi connectivity index (χ2v) is 8.23. The Hall–Kier alpha value is -0.620. The fraction of sp³-hybridized carbons (Fsp3) is 0.923. The van der Waals surface area contributed by atoms with Gasteiger partial charge in [-0.2, -0.15) is 0 Å². The summed E-state index contributed by atoms with van der Waals surface area (Å²) in [4.78, 5) is 14.3. The van der Waals surface area contributed by atoms with Crippen LogP contribution in [0.2, 0.25) is 0 Å². The van der Waals surface area contributed by atoms with Crippen molar-refractivity contribution in [1.29, 1.82) is 0 Å².